The normalized spacial score (nSPS) is 11.1. The van der Waals surface area contributed by atoms with Crippen molar-refractivity contribution in [2.24, 2.45) is 0 Å². The predicted molar refractivity (Wildman–Crippen MR) is 128 cm³/mol. The average Bonchev–Trinajstić information content (AvgIpc) is 3.28. The molecule has 0 saturated heterocycles. The Kier molecular flexibility index (Phi) is 6.73. The number of nitrogens with one attached hydrogen (secondary N) is 2. The molecule has 0 fully saturated rings. The summed E-state index contributed by atoms with van der Waals surface area (Å²) in [6.45, 7) is 0. The van der Waals surface area contributed by atoms with Crippen LogP contribution in [0, 0.1) is 0 Å². The summed E-state index contributed by atoms with van der Waals surface area (Å²) in [4.78, 5) is 12.7. The van der Waals surface area contributed by atoms with Crippen LogP contribution in [0.1, 0.15) is 10.4 Å². The van der Waals surface area contributed by atoms with Gasteiger partial charge in [-0.1, -0.05) is 34.4 Å². The molecule has 0 spiro atoms. The maximum absolute atomic E-state index is 12.7. The Bertz CT molecular complexity index is 1460. The van der Waals surface area contributed by atoms with Gasteiger partial charge < -0.3 is 9.15 Å². The Morgan fingerprint density at radius 1 is 1.00 bits per heavy atom. The molecule has 0 radical (unpaired) electrons. The molecule has 1 heterocycles. The van der Waals surface area contributed by atoms with E-state index in [0.29, 0.717) is 21.4 Å². The summed E-state index contributed by atoms with van der Waals surface area (Å²) in [5.74, 6) is 0.0149. The third-order valence-electron chi connectivity index (χ3n) is 4.55. The van der Waals surface area contributed by atoms with Crippen molar-refractivity contribution in [3.8, 4) is 17.2 Å². The molecule has 0 atom stereocenters. The van der Waals surface area contributed by atoms with Crippen LogP contribution in [0.15, 0.2) is 76.0 Å². The summed E-state index contributed by atoms with van der Waals surface area (Å²) in [5.41, 5.74) is 0.771. The number of halogens is 2. The van der Waals surface area contributed by atoms with Gasteiger partial charge in [-0.25, -0.2) is 8.42 Å². The van der Waals surface area contributed by atoms with Gasteiger partial charge in [-0.3, -0.25) is 14.8 Å². The minimum Gasteiger partial charge on any atom is -0.497 e. The molecule has 2 N–H and O–H groups in total. The minimum absolute atomic E-state index is 0.0428. The molecule has 0 aliphatic heterocycles. The molecular weight excluding hydrogens is 503 g/mol. The summed E-state index contributed by atoms with van der Waals surface area (Å²) < 4.78 is 38.3. The number of ether oxygens (including phenoxy) is 1. The van der Waals surface area contributed by atoms with Crippen molar-refractivity contribution in [3.63, 3.8) is 0 Å². The van der Waals surface area contributed by atoms with Crippen LogP contribution in [-0.4, -0.2) is 31.6 Å². The van der Waals surface area contributed by atoms with Crippen molar-refractivity contribution in [1.82, 2.24) is 10.2 Å². The summed E-state index contributed by atoms with van der Waals surface area (Å²) in [5, 5.41) is 10.9. The van der Waals surface area contributed by atoms with Gasteiger partial charge in [0.2, 0.25) is 0 Å². The van der Waals surface area contributed by atoms with Crippen LogP contribution in [0.2, 0.25) is 10.0 Å². The van der Waals surface area contributed by atoms with Gasteiger partial charge in [0.1, 0.15) is 5.75 Å². The number of nitrogens with zero attached hydrogens (tertiary/aromatic N) is 2. The number of methoxy groups -OCH3 is 1. The fourth-order valence-electron chi connectivity index (χ4n) is 2.91. The van der Waals surface area contributed by atoms with Gasteiger partial charge in [-0.15, -0.1) is 5.10 Å². The van der Waals surface area contributed by atoms with Gasteiger partial charge in [0.15, 0.2) is 0 Å². The van der Waals surface area contributed by atoms with Crippen LogP contribution in [0.3, 0.4) is 0 Å². The number of hydrogen-bond donors (Lipinski definition) is 2. The highest BCUT2D eigenvalue weighted by Crippen LogP contribution is 2.30. The van der Waals surface area contributed by atoms with E-state index in [2.05, 4.69) is 20.2 Å². The second-order valence-electron chi connectivity index (χ2n) is 6.85. The number of amides is 1. The Labute approximate surface area is 204 Å². The van der Waals surface area contributed by atoms with Gasteiger partial charge in [-0.05, 0) is 60.7 Å². The molecule has 0 unspecified atom stereocenters. The van der Waals surface area contributed by atoms with Crippen LogP contribution < -0.4 is 14.8 Å². The van der Waals surface area contributed by atoms with Gasteiger partial charge >= 0.3 is 6.01 Å². The van der Waals surface area contributed by atoms with Crippen LogP contribution in [-0.2, 0) is 10.0 Å². The highest BCUT2D eigenvalue weighted by atomic mass is 35.5. The molecule has 4 aromatic rings. The summed E-state index contributed by atoms with van der Waals surface area (Å²) in [6.07, 6.45) is 0. The number of aromatic nitrogens is 2. The first-order chi connectivity index (χ1) is 16.2. The zero-order chi connectivity index (χ0) is 24.3. The lowest BCUT2D eigenvalue weighted by atomic mass is 10.2. The van der Waals surface area contributed by atoms with Gasteiger partial charge in [0.25, 0.3) is 21.8 Å². The van der Waals surface area contributed by atoms with E-state index in [1.54, 1.807) is 18.2 Å². The number of benzene rings is 3. The first-order valence-corrected chi connectivity index (χ1v) is 11.9. The SMILES string of the molecule is COc1ccc(S(=O)(=O)Nc2cccc(C(=O)Nc3nnc(-c4cc(Cl)ccc4Cl)o3)c2)cc1. The second-order valence-corrected chi connectivity index (χ2v) is 9.38. The third kappa shape index (κ3) is 5.30. The highest BCUT2D eigenvalue weighted by molar-refractivity contribution is 7.92. The largest absolute Gasteiger partial charge is 0.497 e. The van der Waals surface area contributed by atoms with Crippen molar-refractivity contribution in [3.05, 3.63) is 82.3 Å². The predicted octanol–water partition coefficient (Wildman–Crippen LogP) is 5.11. The molecule has 1 amide bonds. The lowest BCUT2D eigenvalue weighted by Gasteiger charge is -2.10. The molecule has 174 valence electrons. The molecular formula is C22H16Cl2N4O5S. The van der Waals surface area contributed by atoms with E-state index in [1.165, 1.54) is 55.6 Å². The Morgan fingerprint density at radius 3 is 2.50 bits per heavy atom. The zero-order valence-electron chi connectivity index (χ0n) is 17.5. The van der Waals surface area contributed by atoms with Crippen molar-refractivity contribution in [1.29, 1.82) is 0 Å². The summed E-state index contributed by atoms with van der Waals surface area (Å²) >= 11 is 12.1. The minimum atomic E-state index is -3.88. The second kappa shape index (κ2) is 9.72. The van der Waals surface area contributed by atoms with Crippen molar-refractivity contribution < 1.29 is 22.4 Å². The summed E-state index contributed by atoms with van der Waals surface area (Å²) in [7, 11) is -2.39. The van der Waals surface area contributed by atoms with E-state index >= 15 is 0 Å². The van der Waals surface area contributed by atoms with E-state index in [4.69, 9.17) is 32.4 Å². The zero-order valence-corrected chi connectivity index (χ0v) is 19.8. The quantitative estimate of drug-likeness (QED) is 0.348. The van der Waals surface area contributed by atoms with E-state index in [1.807, 2.05) is 0 Å². The molecule has 0 bridgehead atoms. The first kappa shape index (κ1) is 23.6. The van der Waals surface area contributed by atoms with E-state index in [9.17, 15) is 13.2 Å². The smallest absolute Gasteiger partial charge is 0.322 e. The average molecular weight is 519 g/mol. The maximum Gasteiger partial charge on any atom is 0.322 e. The van der Waals surface area contributed by atoms with Crippen LogP contribution in [0.4, 0.5) is 11.7 Å². The molecule has 1 aromatic heterocycles. The highest BCUT2D eigenvalue weighted by Gasteiger charge is 2.18. The van der Waals surface area contributed by atoms with Gasteiger partial charge in [0, 0.05) is 16.3 Å². The van der Waals surface area contributed by atoms with E-state index in [0.717, 1.165) is 0 Å². The number of carbonyl (C=O) groups excluding carboxylic acids is 1. The van der Waals surface area contributed by atoms with Crippen molar-refractivity contribution >= 4 is 50.8 Å². The summed E-state index contributed by atoms with van der Waals surface area (Å²) in [6, 6.07) is 16.4. The molecule has 3 aromatic carbocycles. The van der Waals surface area contributed by atoms with Crippen LogP contribution >= 0.6 is 23.2 Å². The number of rotatable bonds is 7. The molecule has 12 heteroatoms. The number of sulfonamides is 1. The van der Waals surface area contributed by atoms with Crippen LogP contribution in [0.25, 0.3) is 11.5 Å². The lowest BCUT2D eigenvalue weighted by molar-refractivity contribution is 0.102. The van der Waals surface area contributed by atoms with Gasteiger partial charge in [0.05, 0.1) is 22.6 Å². The third-order valence-corrected chi connectivity index (χ3v) is 6.51. The molecule has 0 aliphatic rings. The number of carbonyl (C=O) groups is 1. The maximum atomic E-state index is 12.7. The Hall–Kier alpha value is -3.60. The fourth-order valence-corrected chi connectivity index (χ4v) is 4.33. The van der Waals surface area contributed by atoms with Gasteiger partial charge in [-0.2, -0.15) is 0 Å². The monoisotopic (exact) mass is 518 g/mol. The van der Waals surface area contributed by atoms with Crippen molar-refractivity contribution in [2.75, 3.05) is 17.1 Å². The first-order valence-electron chi connectivity index (χ1n) is 9.62. The Morgan fingerprint density at radius 2 is 1.76 bits per heavy atom. The fraction of sp³-hybridized carbons (Fsp3) is 0.0455. The number of anilines is 2. The standard InChI is InChI=1S/C22H16Cl2N4O5S/c1-32-16-6-8-17(9-7-16)34(30,31)28-15-4-2-3-13(11-15)20(29)25-22-27-26-21(33-22)18-12-14(23)5-10-19(18)24/h2-12,28H,1H3,(H,25,27,29). The van der Waals surface area contributed by atoms with Crippen molar-refractivity contribution in [2.45, 2.75) is 4.90 Å². The molecule has 9 nitrogen and oxygen atoms in total. The van der Waals surface area contributed by atoms with E-state index in [-0.39, 0.29) is 28.1 Å². The molecule has 34 heavy (non-hydrogen) atoms. The molecule has 0 saturated carbocycles. The van der Waals surface area contributed by atoms with Crippen LogP contribution in [0.5, 0.6) is 5.75 Å². The topological polar surface area (TPSA) is 123 Å². The Balaban J connectivity index is 1.49. The lowest BCUT2D eigenvalue weighted by Crippen LogP contribution is -2.15. The van der Waals surface area contributed by atoms with E-state index < -0.39 is 15.9 Å². The number of hydrogen-bond acceptors (Lipinski definition) is 7. The molecule has 4 rings (SSSR count). The molecule has 0 aliphatic carbocycles.